The summed E-state index contributed by atoms with van der Waals surface area (Å²) < 4.78 is 1.38. The summed E-state index contributed by atoms with van der Waals surface area (Å²) in [7, 11) is 0. The number of nitrogens with zero attached hydrogens (tertiary/aromatic N) is 1. The van der Waals surface area contributed by atoms with E-state index in [1.807, 2.05) is 19.1 Å². The molecule has 1 atom stereocenters. The maximum absolute atomic E-state index is 11.3. The molecule has 0 aliphatic carbocycles. The second-order valence-corrected chi connectivity index (χ2v) is 3.55. The highest BCUT2D eigenvalue weighted by Gasteiger charge is 2.03. The van der Waals surface area contributed by atoms with E-state index < -0.39 is 17.4 Å². The molecule has 0 aromatic carbocycles. The highest BCUT2D eigenvalue weighted by atomic mass is 16.3. The molecule has 16 heavy (non-hydrogen) atoms. The normalized spacial score (nSPS) is 13.1. The average Bonchev–Trinajstić information content (AvgIpc) is 2.25. The van der Waals surface area contributed by atoms with Crippen LogP contribution in [0, 0.1) is 0 Å². The Morgan fingerprint density at radius 1 is 1.56 bits per heavy atom. The number of aromatic nitrogens is 2. The molecule has 1 aromatic heterocycles. The van der Waals surface area contributed by atoms with Crippen LogP contribution in [0.15, 0.2) is 34.0 Å². The SMILES string of the molecule is C/C=C/C[C@H](O)CCn1ccc(=O)[nH]c1=O. The number of aryl methyl sites for hydroxylation is 1. The summed E-state index contributed by atoms with van der Waals surface area (Å²) in [6.07, 6.45) is 5.78. The van der Waals surface area contributed by atoms with Gasteiger partial charge in [0.25, 0.3) is 5.56 Å². The highest BCUT2D eigenvalue weighted by molar-refractivity contribution is 4.84. The van der Waals surface area contributed by atoms with Crippen LogP contribution in [0.3, 0.4) is 0 Å². The Hall–Kier alpha value is -1.62. The monoisotopic (exact) mass is 224 g/mol. The predicted octanol–water partition coefficient (Wildman–Crippen LogP) is 0.254. The zero-order valence-corrected chi connectivity index (χ0v) is 9.22. The van der Waals surface area contributed by atoms with Gasteiger partial charge in [-0.3, -0.25) is 9.78 Å². The van der Waals surface area contributed by atoms with Crippen LogP contribution in [-0.2, 0) is 6.54 Å². The van der Waals surface area contributed by atoms with Crippen molar-refractivity contribution in [1.29, 1.82) is 0 Å². The van der Waals surface area contributed by atoms with Crippen LogP contribution in [-0.4, -0.2) is 20.8 Å². The fourth-order valence-electron chi connectivity index (χ4n) is 1.32. The van der Waals surface area contributed by atoms with Crippen molar-refractivity contribution in [3.8, 4) is 0 Å². The van der Waals surface area contributed by atoms with Crippen molar-refractivity contribution in [3.05, 3.63) is 45.3 Å². The summed E-state index contributed by atoms with van der Waals surface area (Å²) in [4.78, 5) is 24.2. The van der Waals surface area contributed by atoms with Crippen molar-refractivity contribution in [2.75, 3.05) is 0 Å². The van der Waals surface area contributed by atoms with Crippen molar-refractivity contribution in [1.82, 2.24) is 9.55 Å². The van der Waals surface area contributed by atoms with Crippen LogP contribution >= 0.6 is 0 Å². The third kappa shape index (κ3) is 3.86. The van der Waals surface area contributed by atoms with E-state index in [0.717, 1.165) is 0 Å². The maximum atomic E-state index is 11.3. The molecule has 0 saturated heterocycles. The predicted molar refractivity (Wildman–Crippen MR) is 61.4 cm³/mol. The van der Waals surface area contributed by atoms with Crippen molar-refractivity contribution in [2.45, 2.75) is 32.4 Å². The first-order valence-electron chi connectivity index (χ1n) is 5.22. The Labute approximate surface area is 93.1 Å². The number of aliphatic hydroxyl groups excluding tert-OH is 1. The topological polar surface area (TPSA) is 75.1 Å². The molecular formula is C11H16N2O3. The summed E-state index contributed by atoms with van der Waals surface area (Å²) in [5.41, 5.74) is -0.846. The van der Waals surface area contributed by atoms with Crippen LogP contribution in [0.1, 0.15) is 19.8 Å². The molecular weight excluding hydrogens is 208 g/mol. The molecule has 2 N–H and O–H groups in total. The van der Waals surface area contributed by atoms with Crippen LogP contribution in [0.25, 0.3) is 0 Å². The number of aromatic amines is 1. The second-order valence-electron chi connectivity index (χ2n) is 3.55. The molecule has 0 radical (unpaired) electrons. The number of hydrogen-bond acceptors (Lipinski definition) is 3. The van der Waals surface area contributed by atoms with E-state index >= 15 is 0 Å². The molecule has 0 amide bonds. The van der Waals surface area contributed by atoms with Gasteiger partial charge >= 0.3 is 5.69 Å². The second kappa shape index (κ2) is 6.07. The standard InChI is InChI=1S/C11H16N2O3/c1-2-3-4-9(14)5-7-13-8-6-10(15)12-11(13)16/h2-3,6,8-9,14H,4-5,7H2,1H3,(H,12,15,16)/b3-2+/t9-/m0/s1. The van der Waals surface area contributed by atoms with Crippen LogP contribution in [0.4, 0.5) is 0 Å². The van der Waals surface area contributed by atoms with Gasteiger partial charge in [-0.15, -0.1) is 0 Å². The summed E-state index contributed by atoms with van der Waals surface area (Å²) in [5.74, 6) is 0. The Kier molecular flexibility index (Phi) is 4.72. The lowest BCUT2D eigenvalue weighted by atomic mass is 10.2. The fourth-order valence-corrected chi connectivity index (χ4v) is 1.32. The molecule has 0 spiro atoms. The Bertz CT molecular complexity index is 459. The Morgan fingerprint density at radius 3 is 2.94 bits per heavy atom. The molecule has 0 bridgehead atoms. The smallest absolute Gasteiger partial charge is 0.328 e. The number of nitrogens with one attached hydrogen (secondary N) is 1. The van der Waals surface area contributed by atoms with Gasteiger partial charge in [-0.05, 0) is 19.8 Å². The molecule has 5 nitrogen and oxygen atoms in total. The zero-order chi connectivity index (χ0) is 12.0. The maximum Gasteiger partial charge on any atom is 0.328 e. The molecule has 88 valence electrons. The Morgan fingerprint density at radius 2 is 2.31 bits per heavy atom. The van der Waals surface area contributed by atoms with Crippen molar-refractivity contribution >= 4 is 0 Å². The zero-order valence-electron chi connectivity index (χ0n) is 9.22. The van der Waals surface area contributed by atoms with Crippen molar-refractivity contribution < 1.29 is 5.11 Å². The molecule has 1 aromatic rings. The molecule has 0 saturated carbocycles. The molecule has 0 fully saturated rings. The van der Waals surface area contributed by atoms with Gasteiger partial charge in [0.2, 0.25) is 0 Å². The van der Waals surface area contributed by atoms with Crippen LogP contribution in [0.2, 0.25) is 0 Å². The van der Waals surface area contributed by atoms with E-state index in [1.165, 1.54) is 16.8 Å². The molecule has 0 aliphatic heterocycles. The Balaban J connectivity index is 2.54. The van der Waals surface area contributed by atoms with Gasteiger partial charge in [0.15, 0.2) is 0 Å². The minimum Gasteiger partial charge on any atom is -0.393 e. The molecule has 1 rings (SSSR count). The molecule has 5 heteroatoms. The minimum absolute atomic E-state index is 0.397. The van der Waals surface area contributed by atoms with Crippen molar-refractivity contribution in [3.63, 3.8) is 0 Å². The summed E-state index contributed by atoms with van der Waals surface area (Å²) >= 11 is 0. The first-order valence-corrected chi connectivity index (χ1v) is 5.22. The first kappa shape index (κ1) is 12.4. The third-order valence-corrected chi connectivity index (χ3v) is 2.24. The van der Waals surface area contributed by atoms with E-state index in [1.54, 1.807) is 0 Å². The third-order valence-electron chi connectivity index (χ3n) is 2.24. The highest BCUT2D eigenvalue weighted by Crippen LogP contribution is 2.00. The lowest BCUT2D eigenvalue weighted by Crippen LogP contribution is -2.29. The number of H-pyrrole nitrogens is 1. The summed E-state index contributed by atoms with van der Waals surface area (Å²) in [5, 5.41) is 9.55. The number of hydrogen-bond donors (Lipinski definition) is 2. The van der Waals surface area contributed by atoms with Gasteiger partial charge in [0.05, 0.1) is 6.10 Å². The van der Waals surface area contributed by atoms with Crippen molar-refractivity contribution in [2.24, 2.45) is 0 Å². The fraction of sp³-hybridized carbons (Fsp3) is 0.455. The van der Waals surface area contributed by atoms with Gasteiger partial charge in [-0.2, -0.15) is 0 Å². The average molecular weight is 224 g/mol. The summed E-state index contributed by atoms with van der Waals surface area (Å²) in [6.45, 7) is 2.29. The number of allylic oxidation sites excluding steroid dienone is 1. The molecule has 0 unspecified atom stereocenters. The lowest BCUT2D eigenvalue weighted by molar-refractivity contribution is 0.161. The lowest BCUT2D eigenvalue weighted by Gasteiger charge is -2.08. The molecule has 0 aliphatic rings. The van der Waals surface area contributed by atoms with E-state index in [0.29, 0.717) is 19.4 Å². The molecule has 1 heterocycles. The number of aliphatic hydroxyl groups is 1. The largest absolute Gasteiger partial charge is 0.393 e. The van der Waals surface area contributed by atoms with E-state index in [4.69, 9.17) is 0 Å². The van der Waals surface area contributed by atoms with E-state index in [-0.39, 0.29) is 0 Å². The first-order chi connectivity index (χ1) is 7.63. The van der Waals surface area contributed by atoms with Gasteiger partial charge < -0.3 is 9.67 Å². The van der Waals surface area contributed by atoms with Gasteiger partial charge in [0, 0.05) is 18.8 Å². The summed E-state index contributed by atoms with van der Waals surface area (Å²) in [6, 6.07) is 1.29. The van der Waals surface area contributed by atoms with Gasteiger partial charge in [-0.25, -0.2) is 4.79 Å². The minimum atomic E-state index is -0.463. The van der Waals surface area contributed by atoms with E-state index in [9.17, 15) is 14.7 Å². The van der Waals surface area contributed by atoms with Gasteiger partial charge in [-0.1, -0.05) is 12.2 Å². The quantitative estimate of drug-likeness (QED) is 0.704. The van der Waals surface area contributed by atoms with Crippen LogP contribution in [0.5, 0.6) is 0 Å². The van der Waals surface area contributed by atoms with Crippen LogP contribution < -0.4 is 11.2 Å². The van der Waals surface area contributed by atoms with Gasteiger partial charge in [0.1, 0.15) is 0 Å². The number of rotatable bonds is 5. The van der Waals surface area contributed by atoms with E-state index in [2.05, 4.69) is 4.98 Å².